The number of benzene rings is 1. The molecule has 1 saturated heterocycles. The summed E-state index contributed by atoms with van der Waals surface area (Å²) in [6.07, 6.45) is 7.15. The number of hydrogen-bond acceptors (Lipinski definition) is 2. The molecular formula is C28H38N2O2. The molecule has 0 spiro atoms. The van der Waals surface area contributed by atoms with Gasteiger partial charge in [0.15, 0.2) is 0 Å². The minimum Gasteiger partial charge on any atom is -0.326 e. The highest BCUT2D eigenvalue weighted by Crippen LogP contribution is 2.66. The number of carbonyl (C=O) groups is 2. The van der Waals surface area contributed by atoms with Gasteiger partial charge in [0.1, 0.15) is 0 Å². The van der Waals surface area contributed by atoms with Gasteiger partial charge in [0, 0.05) is 36.2 Å². The lowest BCUT2D eigenvalue weighted by Gasteiger charge is -2.59. The van der Waals surface area contributed by atoms with E-state index in [-0.39, 0.29) is 28.6 Å². The summed E-state index contributed by atoms with van der Waals surface area (Å²) in [6, 6.07) is 8.08. The molecule has 0 radical (unpaired) electrons. The second kappa shape index (κ2) is 7.46. The van der Waals surface area contributed by atoms with Crippen LogP contribution in [-0.4, -0.2) is 23.8 Å². The van der Waals surface area contributed by atoms with E-state index in [1.165, 1.54) is 17.7 Å². The van der Waals surface area contributed by atoms with Crippen molar-refractivity contribution in [2.75, 3.05) is 12.4 Å². The first kappa shape index (κ1) is 21.7. The molecule has 4 nitrogen and oxygen atoms in total. The average molecular weight is 435 g/mol. The minimum absolute atomic E-state index is 0.0679. The molecule has 172 valence electrons. The number of piperidine rings is 1. The summed E-state index contributed by atoms with van der Waals surface area (Å²) < 4.78 is 0. The molecule has 2 amide bonds. The van der Waals surface area contributed by atoms with Gasteiger partial charge in [0.05, 0.1) is 0 Å². The van der Waals surface area contributed by atoms with Gasteiger partial charge in [-0.05, 0) is 87.2 Å². The third-order valence-corrected chi connectivity index (χ3v) is 10.0. The standard InChI is InChI=1S/C28H38N2O2/c1-17-8-6-7-9-23(17)29-26(32)22-11-10-20-19-16-18(2)25-28(4,15-13-24(31)30(25)5)21(19)12-14-27(20,22)3/h6-9,19-22H,10-16H2,1-5H3,(H,29,32)/t19-,20-,21+,22?,27-,28+/m0/s1. The highest BCUT2D eigenvalue weighted by Gasteiger charge is 2.61. The smallest absolute Gasteiger partial charge is 0.228 e. The number of fused-ring (bicyclic) bond motifs is 5. The molecule has 0 aromatic heterocycles. The van der Waals surface area contributed by atoms with Crippen LogP contribution in [0.25, 0.3) is 0 Å². The SMILES string of the molecule is CC1=C2N(C)C(=O)CC[C@]2(C)[C@@H]2CC[C@]3(C)C(C(=O)Nc4ccccc4C)CC[C@H]3[C@@H]2C1. The summed E-state index contributed by atoms with van der Waals surface area (Å²) >= 11 is 0. The number of para-hydroxylation sites is 1. The Morgan fingerprint density at radius 2 is 1.81 bits per heavy atom. The maximum atomic E-state index is 13.5. The normalized spacial score (nSPS) is 38.8. The third kappa shape index (κ3) is 3.01. The Labute approximate surface area is 192 Å². The number of nitrogens with zero attached hydrogens (tertiary/aromatic N) is 1. The van der Waals surface area contributed by atoms with Crippen LogP contribution in [0.3, 0.4) is 0 Å². The van der Waals surface area contributed by atoms with Gasteiger partial charge < -0.3 is 10.2 Å². The fraction of sp³-hybridized carbons (Fsp3) is 0.643. The van der Waals surface area contributed by atoms with E-state index in [9.17, 15) is 9.59 Å². The largest absolute Gasteiger partial charge is 0.326 e. The number of aryl methyl sites for hydroxylation is 1. The molecule has 32 heavy (non-hydrogen) atoms. The second-order valence-electron chi connectivity index (χ2n) is 11.6. The van der Waals surface area contributed by atoms with Crippen LogP contribution in [0.15, 0.2) is 35.5 Å². The van der Waals surface area contributed by atoms with Gasteiger partial charge in [-0.3, -0.25) is 9.59 Å². The molecule has 3 aliphatic carbocycles. The number of carbonyl (C=O) groups excluding carboxylic acids is 2. The van der Waals surface area contributed by atoms with Crippen LogP contribution in [0, 0.1) is 41.4 Å². The molecule has 1 heterocycles. The van der Waals surface area contributed by atoms with Gasteiger partial charge in [0.2, 0.25) is 11.8 Å². The number of likely N-dealkylation sites (tertiary alicyclic amines) is 1. The lowest BCUT2D eigenvalue weighted by Crippen LogP contribution is -2.54. The van der Waals surface area contributed by atoms with Crippen LogP contribution in [0.2, 0.25) is 0 Å². The Balaban J connectivity index is 1.42. The van der Waals surface area contributed by atoms with Gasteiger partial charge in [-0.25, -0.2) is 0 Å². The van der Waals surface area contributed by atoms with E-state index >= 15 is 0 Å². The number of nitrogens with one attached hydrogen (secondary N) is 1. The molecule has 1 unspecified atom stereocenters. The lowest BCUT2D eigenvalue weighted by atomic mass is 9.48. The Morgan fingerprint density at radius 1 is 1.06 bits per heavy atom. The van der Waals surface area contributed by atoms with Gasteiger partial charge in [0.25, 0.3) is 0 Å². The molecule has 4 heteroatoms. The van der Waals surface area contributed by atoms with E-state index in [0.29, 0.717) is 24.2 Å². The number of hydrogen-bond donors (Lipinski definition) is 1. The molecule has 5 rings (SSSR count). The zero-order chi connectivity index (χ0) is 22.8. The fourth-order valence-corrected chi connectivity index (χ4v) is 8.47. The summed E-state index contributed by atoms with van der Waals surface area (Å²) in [4.78, 5) is 27.9. The Morgan fingerprint density at radius 3 is 2.56 bits per heavy atom. The van der Waals surface area contributed by atoms with E-state index < -0.39 is 0 Å². The molecule has 0 bridgehead atoms. The van der Waals surface area contributed by atoms with Crippen LogP contribution in [-0.2, 0) is 9.59 Å². The van der Waals surface area contributed by atoms with Gasteiger partial charge in [-0.15, -0.1) is 0 Å². The molecule has 1 aromatic rings. The molecular weight excluding hydrogens is 396 g/mol. The van der Waals surface area contributed by atoms with E-state index in [1.807, 2.05) is 30.1 Å². The molecule has 4 aliphatic rings. The topological polar surface area (TPSA) is 49.4 Å². The van der Waals surface area contributed by atoms with Gasteiger partial charge in [-0.1, -0.05) is 37.6 Å². The summed E-state index contributed by atoms with van der Waals surface area (Å²) in [5.74, 6) is 2.39. The van der Waals surface area contributed by atoms with Crippen molar-refractivity contribution < 1.29 is 9.59 Å². The van der Waals surface area contributed by atoms with E-state index in [0.717, 1.165) is 43.4 Å². The van der Waals surface area contributed by atoms with Gasteiger partial charge >= 0.3 is 0 Å². The molecule has 1 aromatic carbocycles. The van der Waals surface area contributed by atoms with E-state index in [2.05, 4.69) is 39.1 Å². The maximum Gasteiger partial charge on any atom is 0.228 e. The Bertz CT molecular complexity index is 997. The number of allylic oxidation sites excluding steroid dienone is 2. The van der Waals surface area contributed by atoms with Crippen molar-refractivity contribution in [3.8, 4) is 0 Å². The predicted molar refractivity (Wildman–Crippen MR) is 128 cm³/mol. The first-order chi connectivity index (χ1) is 15.2. The van der Waals surface area contributed by atoms with Crippen molar-refractivity contribution in [3.63, 3.8) is 0 Å². The monoisotopic (exact) mass is 434 g/mol. The Kier molecular flexibility index (Phi) is 5.07. The summed E-state index contributed by atoms with van der Waals surface area (Å²) in [5, 5.41) is 3.26. The lowest BCUT2D eigenvalue weighted by molar-refractivity contribution is -0.137. The fourth-order valence-electron chi connectivity index (χ4n) is 8.47. The summed E-state index contributed by atoms with van der Waals surface area (Å²) in [6.45, 7) is 9.13. The van der Waals surface area contributed by atoms with Crippen molar-refractivity contribution in [1.29, 1.82) is 0 Å². The minimum atomic E-state index is 0.0679. The van der Waals surface area contributed by atoms with Crippen molar-refractivity contribution >= 4 is 17.5 Å². The average Bonchev–Trinajstić information content (AvgIpc) is 3.10. The van der Waals surface area contributed by atoms with Crippen molar-refractivity contribution in [3.05, 3.63) is 41.1 Å². The van der Waals surface area contributed by atoms with Crippen molar-refractivity contribution in [2.24, 2.45) is 34.5 Å². The predicted octanol–water partition coefficient (Wildman–Crippen LogP) is 5.93. The first-order valence-corrected chi connectivity index (χ1v) is 12.5. The first-order valence-electron chi connectivity index (χ1n) is 12.5. The maximum absolute atomic E-state index is 13.5. The van der Waals surface area contributed by atoms with Crippen LogP contribution < -0.4 is 5.32 Å². The molecule has 1 N–H and O–H groups in total. The Hall–Kier alpha value is -2.10. The number of anilines is 1. The highest BCUT2D eigenvalue weighted by atomic mass is 16.2. The number of amides is 2. The molecule has 3 fully saturated rings. The summed E-state index contributed by atoms with van der Waals surface area (Å²) in [7, 11) is 1.98. The zero-order valence-electron chi connectivity index (χ0n) is 20.3. The molecule has 1 aliphatic heterocycles. The van der Waals surface area contributed by atoms with E-state index in [1.54, 1.807) is 0 Å². The quantitative estimate of drug-likeness (QED) is 0.627. The highest BCUT2D eigenvalue weighted by molar-refractivity contribution is 5.94. The van der Waals surface area contributed by atoms with Gasteiger partial charge in [-0.2, -0.15) is 0 Å². The van der Waals surface area contributed by atoms with Crippen LogP contribution in [0.4, 0.5) is 5.69 Å². The van der Waals surface area contributed by atoms with Crippen LogP contribution in [0.5, 0.6) is 0 Å². The van der Waals surface area contributed by atoms with Crippen molar-refractivity contribution in [2.45, 2.75) is 72.6 Å². The third-order valence-electron chi connectivity index (χ3n) is 10.0. The van der Waals surface area contributed by atoms with Crippen LogP contribution in [0.1, 0.15) is 71.3 Å². The zero-order valence-corrected chi connectivity index (χ0v) is 20.3. The van der Waals surface area contributed by atoms with E-state index in [4.69, 9.17) is 0 Å². The molecule has 6 atom stereocenters. The van der Waals surface area contributed by atoms with Crippen molar-refractivity contribution in [1.82, 2.24) is 4.90 Å². The number of rotatable bonds is 2. The second-order valence-corrected chi connectivity index (χ2v) is 11.6. The van der Waals surface area contributed by atoms with Crippen LogP contribution >= 0.6 is 0 Å². The summed E-state index contributed by atoms with van der Waals surface area (Å²) in [5.41, 5.74) is 4.94. The molecule has 2 saturated carbocycles.